The highest BCUT2D eigenvalue weighted by molar-refractivity contribution is 5.97. The number of hydrogen-bond acceptors (Lipinski definition) is 6. The minimum absolute atomic E-state index is 0.228. The topological polar surface area (TPSA) is 102 Å². The molecule has 2 aliphatic rings. The number of ether oxygens (including phenoxy) is 1. The molecule has 0 bridgehead atoms. The summed E-state index contributed by atoms with van der Waals surface area (Å²) >= 11 is 0. The van der Waals surface area contributed by atoms with E-state index in [4.69, 9.17) is 10.5 Å². The molecular weight excluding hydrogens is 318 g/mol. The number of nitrogens with zero attached hydrogens (tertiary/aromatic N) is 2. The van der Waals surface area contributed by atoms with Crippen LogP contribution in [-0.2, 0) is 4.74 Å². The molecule has 2 aliphatic carbocycles. The number of rotatable bonds is 6. The van der Waals surface area contributed by atoms with Gasteiger partial charge in [-0.1, -0.05) is 0 Å². The summed E-state index contributed by atoms with van der Waals surface area (Å²) in [7, 11) is 0. The van der Waals surface area contributed by atoms with E-state index in [-0.39, 0.29) is 5.54 Å². The van der Waals surface area contributed by atoms with E-state index in [1.165, 1.54) is 19.0 Å². The fourth-order valence-electron chi connectivity index (χ4n) is 3.08. The molecule has 0 atom stereocenters. The molecule has 3 rings (SSSR count). The third kappa shape index (κ3) is 5.29. The average molecular weight is 347 g/mol. The SMILES string of the molecule is CC(C)(C)Nc1nc(N[C@H]2CC[C@H](OC3CC3)CC2)ncc1C(N)=O. The lowest BCUT2D eigenvalue weighted by Gasteiger charge is -2.29. The molecule has 7 heteroatoms. The van der Waals surface area contributed by atoms with Gasteiger partial charge in [0, 0.05) is 17.8 Å². The monoisotopic (exact) mass is 347 g/mol. The van der Waals surface area contributed by atoms with Crippen LogP contribution in [0.5, 0.6) is 0 Å². The van der Waals surface area contributed by atoms with Crippen molar-refractivity contribution in [3.05, 3.63) is 11.8 Å². The summed E-state index contributed by atoms with van der Waals surface area (Å²) in [5.41, 5.74) is 5.51. The van der Waals surface area contributed by atoms with Gasteiger partial charge in [-0.15, -0.1) is 0 Å². The van der Waals surface area contributed by atoms with E-state index in [0.717, 1.165) is 25.7 Å². The van der Waals surface area contributed by atoms with E-state index in [2.05, 4.69) is 20.6 Å². The van der Waals surface area contributed by atoms with E-state index < -0.39 is 5.91 Å². The molecule has 2 saturated carbocycles. The minimum Gasteiger partial charge on any atom is -0.375 e. The maximum Gasteiger partial charge on any atom is 0.254 e. The molecule has 1 aromatic heterocycles. The Bertz CT molecular complexity index is 616. The van der Waals surface area contributed by atoms with Crippen molar-refractivity contribution in [3.63, 3.8) is 0 Å². The van der Waals surface area contributed by atoms with Gasteiger partial charge in [0.15, 0.2) is 0 Å². The van der Waals surface area contributed by atoms with Crippen molar-refractivity contribution in [1.29, 1.82) is 0 Å². The Labute approximate surface area is 149 Å². The van der Waals surface area contributed by atoms with Crippen molar-refractivity contribution in [3.8, 4) is 0 Å². The van der Waals surface area contributed by atoms with Gasteiger partial charge >= 0.3 is 0 Å². The van der Waals surface area contributed by atoms with E-state index in [0.29, 0.717) is 35.6 Å². The van der Waals surface area contributed by atoms with Gasteiger partial charge in [-0.05, 0) is 59.3 Å². The first kappa shape index (κ1) is 17.9. The predicted molar refractivity (Wildman–Crippen MR) is 97.7 cm³/mol. The largest absolute Gasteiger partial charge is 0.375 e. The molecule has 1 aromatic rings. The third-order valence-corrected chi connectivity index (χ3v) is 4.46. The zero-order chi connectivity index (χ0) is 18.0. The van der Waals surface area contributed by atoms with E-state index in [1.54, 1.807) is 0 Å². The summed E-state index contributed by atoms with van der Waals surface area (Å²) in [5, 5.41) is 6.63. The third-order valence-electron chi connectivity index (χ3n) is 4.46. The lowest BCUT2D eigenvalue weighted by atomic mass is 9.93. The lowest BCUT2D eigenvalue weighted by molar-refractivity contribution is 0.0146. The molecule has 0 saturated heterocycles. The second kappa shape index (κ2) is 7.15. The van der Waals surface area contributed by atoms with Crippen molar-refractivity contribution in [2.24, 2.45) is 5.73 Å². The Morgan fingerprint density at radius 3 is 2.28 bits per heavy atom. The number of aromatic nitrogens is 2. The van der Waals surface area contributed by atoms with Crippen molar-refractivity contribution in [1.82, 2.24) is 9.97 Å². The van der Waals surface area contributed by atoms with Gasteiger partial charge < -0.3 is 21.1 Å². The number of amides is 1. The van der Waals surface area contributed by atoms with Crippen LogP contribution in [0.2, 0.25) is 0 Å². The van der Waals surface area contributed by atoms with E-state index in [1.807, 2.05) is 20.8 Å². The number of hydrogen-bond donors (Lipinski definition) is 3. The quantitative estimate of drug-likeness (QED) is 0.731. The predicted octanol–water partition coefficient (Wildman–Crippen LogP) is 2.69. The molecular formula is C18H29N5O2. The Kier molecular flexibility index (Phi) is 5.13. The van der Waals surface area contributed by atoms with Crippen LogP contribution in [0, 0.1) is 0 Å². The van der Waals surface area contributed by atoms with Crippen LogP contribution in [0.1, 0.15) is 69.7 Å². The Hall–Kier alpha value is -1.89. The summed E-state index contributed by atoms with van der Waals surface area (Å²) < 4.78 is 6.00. The van der Waals surface area contributed by atoms with Crippen LogP contribution in [-0.4, -0.2) is 39.7 Å². The number of nitrogens with one attached hydrogen (secondary N) is 2. The van der Waals surface area contributed by atoms with Crippen LogP contribution in [0.25, 0.3) is 0 Å². The van der Waals surface area contributed by atoms with E-state index in [9.17, 15) is 4.79 Å². The Morgan fingerprint density at radius 2 is 1.76 bits per heavy atom. The Morgan fingerprint density at radius 1 is 1.16 bits per heavy atom. The van der Waals surface area contributed by atoms with Crippen molar-refractivity contribution in [2.45, 2.75) is 83.1 Å². The molecule has 1 amide bonds. The highest BCUT2D eigenvalue weighted by Crippen LogP contribution is 2.31. The van der Waals surface area contributed by atoms with Crippen molar-refractivity contribution in [2.75, 3.05) is 10.6 Å². The molecule has 0 unspecified atom stereocenters. The number of primary amides is 1. The van der Waals surface area contributed by atoms with Gasteiger partial charge in [0.05, 0.1) is 17.8 Å². The first-order valence-corrected chi connectivity index (χ1v) is 9.17. The number of carbonyl (C=O) groups is 1. The molecule has 4 N–H and O–H groups in total. The molecule has 1 heterocycles. The van der Waals surface area contributed by atoms with Gasteiger partial charge in [-0.3, -0.25) is 4.79 Å². The second-order valence-corrected chi connectivity index (χ2v) is 8.15. The fraction of sp³-hybridized carbons (Fsp3) is 0.722. The van der Waals surface area contributed by atoms with Crippen LogP contribution in [0.4, 0.5) is 11.8 Å². The molecule has 0 radical (unpaired) electrons. The van der Waals surface area contributed by atoms with Crippen LogP contribution in [0.3, 0.4) is 0 Å². The lowest BCUT2D eigenvalue weighted by Crippen LogP contribution is -2.32. The number of anilines is 2. The van der Waals surface area contributed by atoms with Crippen molar-refractivity contribution >= 4 is 17.7 Å². The molecule has 0 aliphatic heterocycles. The normalized spacial score (nSPS) is 24.0. The summed E-state index contributed by atoms with van der Waals surface area (Å²) in [6.07, 6.45) is 9.09. The maximum absolute atomic E-state index is 11.6. The second-order valence-electron chi connectivity index (χ2n) is 8.15. The van der Waals surface area contributed by atoms with Crippen molar-refractivity contribution < 1.29 is 9.53 Å². The minimum atomic E-state index is -0.531. The molecule has 7 nitrogen and oxygen atoms in total. The van der Waals surface area contributed by atoms with Gasteiger partial charge in [0.25, 0.3) is 5.91 Å². The summed E-state index contributed by atoms with van der Waals surface area (Å²) in [5.74, 6) is 0.475. The first-order valence-electron chi connectivity index (χ1n) is 9.17. The summed E-state index contributed by atoms with van der Waals surface area (Å²) in [6, 6.07) is 0.334. The van der Waals surface area contributed by atoms with Crippen LogP contribution in [0.15, 0.2) is 6.20 Å². The van der Waals surface area contributed by atoms with Gasteiger partial charge in [0.2, 0.25) is 5.95 Å². The smallest absolute Gasteiger partial charge is 0.254 e. The zero-order valence-electron chi connectivity index (χ0n) is 15.3. The molecule has 0 aromatic carbocycles. The number of carbonyl (C=O) groups excluding carboxylic acids is 1. The molecule has 2 fully saturated rings. The highest BCUT2D eigenvalue weighted by Gasteiger charge is 2.29. The van der Waals surface area contributed by atoms with Gasteiger partial charge in [0.1, 0.15) is 5.82 Å². The number of nitrogens with two attached hydrogens (primary N) is 1. The standard InChI is InChI=1S/C18H29N5O2/c1-18(2,3)23-16-14(15(19)24)10-20-17(22-16)21-11-4-6-12(7-5-11)25-13-8-9-13/h10-13H,4-9H2,1-3H3,(H2,19,24)(H2,20,21,22,23)/t11-,12-. The first-order chi connectivity index (χ1) is 11.8. The molecule has 25 heavy (non-hydrogen) atoms. The van der Waals surface area contributed by atoms with Gasteiger partial charge in [-0.25, -0.2) is 4.98 Å². The summed E-state index contributed by atoms with van der Waals surface area (Å²) in [6.45, 7) is 6.02. The highest BCUT2D eigenvalue weighted by atomic mass is 16.5. The maximum atomic E-state index is 11.6. The van der Waals surface area contributed by atoms with Crippen LogP contribution >= 0.6 is 0 Å². The van der Waals surface area contributed by atoms with Gasteiger partial charge in [-0.2, -0.15) is 4.98 Å². The molecule has 138 valence electrons. The van der Waals surface area contributed by atoms with E-state index >= 15 is 0 Å². The molecule has 0 spiro atoms. The fourth-order valence-corrected chi connectivity index (χ4v) is 3.08. The Balaban J connectivity index is 1.62. The summed E-state index contributed by atoms with van der Waals surface area (Å²) in [4.78, 5) is 20.4. The van der Waals surface area contributed by atoms with Crippen LogP contribution < -0.4 is 16.4 Å². The zero-order valence-corrected chi connectivity index (χ0v) is 15.3. The average Bonchev–Trinajstić information content (AvgIpc) is 3.31.